The van der Waals surface area contributed by atoms with Gasteiger partial charge in [0.2, 0.25) is 0 Å². The Balaban J connectivity index is 0.000000651. The van der Waals surface area contributed by atoms with Gasteiger partial charge in [-0.15, -0.1) is 0 Å². The molecule has 0 fully saturated rings. The molecule has 0 aliphatic heterocycles. The largest absolute Gasteiger partial charge is 0.449 e. The molecule has 0 aliphatic rings. The zero-order chi connectivity index (χ0) is 22.3. The zero-order valence-electron chi connectivity index (χ0n) is 19.1. The standard InChI is InChI=1S/C13H24N2O4.C10H14/c1-6-10(3)15-19-11(16)8-14-9-18-12(17)13(4,5)7-2;1-3-9(2)10-7-5-4-6-8-10/h14H,6-9H2,1-5H3;4-9H,3H2,1-2H3/b15-10-;. The summed E-state index contributed by atoms with van der Waals surface area (Å²) in [4.78, 5) is 27.5. The molecule has 1 aromatic rings. The van der Waals surface area contributed by atoms with E-state index in [4.69, 9.17) is 4.74 Å². The van der Waals surface area contributed by atoms with Crippen molar-refractivity contribution in [2.75, 3.05) is 13.3 Å². The molecule has 0 aliphatic carbocycles. The predicted molar refractivity (Wildman–Crippen MR) is 118 cm³/mol. The highest BCUT2D eigenvalue weighted by molar-refractivity contribution is 5.82. The van der Waals surface area contributed by atoms with E-state index in [1.807, 2.05) is 27.7 Å². The van der Waals surface area contributed by atoms with Crippen LogP contribution in [-0.4, -0.2) is 30.9 Å². The molecular formula is C23H38N2O4. The van der Waals surface area contributed by atoms with Crippen molar-refractivity contribution in [1.29, 1.82) is 0 Å². The van der Waals surface area contributed by atoms with Crippen molar-refractivity contribution < 1.29 is 19.2 Å². The molecule has 1 unspecified atom stereocenters. The van der Waals surface area contributed by atoms with Gasteiger partial charge in [0, 0.05) is 0 Å². The molecule has 0 saturated heterocycles. The number of hydrogen-bond donors (Lipinski definition) is 1. The van der Waals surface area contributed by atoms with Crippen LogP contribution in [0.25, 0.3) is 0 Å². The van der Waals surface area contributed by atoms with E-state index in [9.17, 15) is 9.59 Å². The lowest BCUT2D eigenvalue weighted by Gasteiger charge is -2.20. The molecule has 0 spiro atoms. The molecule has 6 nitrogen and oxygen atoms in total. The van der Waals surface area contributed by atoms with E-state index in [0.29, 0.717) is 12.3 Å². The Bertz CT molecular complexity index is 627. The summed E-state index contributed by atoms with van der Waals surface area (Å²) < 4.78 is 5.00. The third kappa shape index (κ3) is 12.1. The van der Waals surface area contributed by atoms with E-state index >= 15 is 0 Å². The molecule has 0 radical (unpaired) electrons. The van der Waals surface area contributed by atoms with Gasteiger partial charge in [0.25, 0.3) is 0 Å². The first-order valence-electron chi connectivity index (χ1n) is 10.3. The van der Waals surface area contributed by atoms with Crippen molar-refractivity contribution in [3.8, 4) is 0 Å². The second-order valence-corrected chi connectivity index (χ2v) is 7.60. The van der Waals surface area contributed by atoms with Crippen LogP contribution in [0, 0.1) is 5.41 Å². The minimum atomic E-state index is -0.515. The molecule has 0 amide bonds. The van der Waals surface area contributed by atoms with E-state index in [-0.39, 0.29) is 19.2 Å². The number of benzene rings is 1. The monoisotopic (exact) mass is 406 g/mol. The first-order valence-corrected chi connectivity index (χ1v) is 10.3. The number of nitrogens with one attached hydrogen (secondary N) is 1. The van der Waals surface area contributed by atoms with Gasteiger partial charge in [-0.1, -0.05) is 63.2 Å². The second-order valence-electron chi connectivity index (χ2n) is 7.60. The van der Waals surface area contributed by atoms with Crippen LogP contribution in [0.1, 0.15) is 79.2 Å². The van der Waals surface area contributed by atoms with Gasteiger partial charge in [0.15, 0.2) is 0 Å². The average molecular weight is 407 g/mol. The summed E-state index contributed by atoms with van der Waals surface area (Å²) in [5, 5.41) is 6.30. The zero-order valence-corrected chi connectivity index (χ0v) is 19.1. The fraction of sp³-hybridized carbons (Fsp3) is 0.609. The third-order valence-corrected chi connectivity index (χ3v) is 4.81. The Morgan fingerprint density at radius 2 is 1.76 bits per heavy atom. The van der Waals surface area contributed by atoms with Gasteiger partial charge < -0.3 is 9.57 Å². The van der Waals surface area contributed by atoms with Gasteiger partial charge >= 0.3 is 11.9 Å². The summed E-state index contributed by atoms with van der Waals surface area (Å²) in [5.41, 5.74) is 1.68. The van der Waals surface area contributed by atoms with Crippen molar-refractivity contribution >= 4 is 17.7 Å². The Labute approximate surface area is 176 Å². The highest BCUT2D eigenvalue weighted by Crippen LogP contribution is 2.21. The van der Waals surface area contributed by atoms with Crippen LogP contribution >= 0.6 is 0 Å². The minimum absolute atomic E-state index is 0.0200. The second kappa shape index (κ2) is 14.7. The fourth-order valence-electron chi connectivity index (χ4n) is 1.85. The van der Waals surface area contributed by atoms with Crippen LogP contribution in [0.5, 0.6) is 0 Å². The van der Waals surface area contributed by atoms with Crippen LogP contribution in [0.4, 0.5) is 0 Å². The van der Waals surface area contributed by atoms with Crippen molar-refractivity contribution in [1.82, 2.24) is 5.32 Å². The Kier molecular flexibility index (Phi) is 13.6. The lowest BCUT2D eigenvalue weighted by molar-refractivity contribution is -0.156. The van der Waals surface area contributed by atoms with Gasteiger partial charge in [0.1, 0.15) is 6.73 Å². The topological polar surface area (TPSA) is 77.0 Å². The normalized spacial score (nSPS) is 12.4. The highest BCUT2D eigenvalue weighted by Gasteiger charge is 2.26. The molecular weight excluding hydrogens is 368 g/mol. The molecule has 164 valence electrons. The predicted octanol–water partition coefficient (Wildman–Crippen LogP) is 5.04. The number of hydrogen-bond acceptors (Lipinski definition) is 6. The molecule has 1 atom stereocenters. The Morgan fingerprint density at radius 1 is 1.14 bits per heavy atom. The van der Waals surface area contributed by atoms with Crippen LogP contribution in [0.15, 0.2) is 35.5 Å². The van der Waals surface area contributed by atoms with Crippen molar-refractivity contribution in [3.05, 3.63) is 35.9 Å². The number of ether oxygens (including phenoxy) is 1. The van der Waals surface area contributed by atoms with Crippen molar-refractivity contribution in [3.63, 3.8) is 0 Å². The number of esters is 1. The van der Waals surface area contributed by atoms with Crippen LogP contribution in [0.2, 0.25) is 0 Å². The van der Waals surface area contributed by atoms with E-state index in [1.165, 1.54) is 12.0 Å². The van der Waals surface area contributed by atoms with E-state index < -0.39 is 11.4 Å². The maximum absolute atomic E-state index is 11.6. The number of nitrogens with zero attached hydrogens (tertiary/aromatic N) is 1. The quantitative estimate of drug-likeness (QED) is 0.147. The van der Waals surface area contributed by atoms with E-state index in [0.717, 1.165) is 12.1 Å². The molecule has 0 bridgehead atoms. The Hall–Kier alpha value is -2.21. The van der Waals surface area contributed by atoms with E-state index in [2.05, 4.69) is 59.5 Å². The summed E-state index contributed by atoms with van der Waals surface area (Å²) in [6.45, 7) is 13.6. The summed E-state index contributed by atoms with van der Waals surface area (Å²) in [7, 11) is 0. The van der Waals surface area contributed by atoms with Crippen LogP contribution in [0.3, 0.4) is 0 Å². The molecule has 0 aromatic heterocycles. The lowest BCUT2D eigenvalue weighted by atomic mass is 9.91. The third-order valence-electron chi connectivity index (χ3n) is 4.81. The fourth-order valence-corrected chi connectivity index (χ4v) is 1.85. The number of carbonyl (C=O) groups excluding carboxylic acids is 2. The maximum Gasteiger partial charge on any atom is 0.348 e. The average Bonchev–Trinajstić information content (AvgIpc) is 2.75. The van der Waals surface area contributed by atoms with Crippen LogP contribution < -0.4 is 5.32 Å². The van der Waals surface area contributed by atoms with Gasteiger partial charge in [-0.3, -0.25) is 10.1 Å². The molecule has 1 N–H and O–H groups in total. The summed E-state index contributed by atoms with van der Waals surface area (Å²) >= 11 is 0. The smallest absolute Gasteiger partial charge is 0.348 e. The molecule has 0 heterocycles. The first-order chi connectivity index (χ1) is 13.7. The molecule has 29 heavy (non-hydrogen) atoms. The lowest BCUT2D eigenvalue weighted by Crippen LogP contribution is -2.32. The van der Waals surface area contributed by atoms with Crippen LogP contribution in [-0.2, 0) is 19.2 Å². The van der Waals surface area contributed by atoms with Crippen molar-refractivity contribution in [2.24, 2.45) is 10.6 Å². The summed E-state index contributed by atoms with van der Waals surface area (Å²) in [5.74, 6) is -0.101. The number of oxime groups is 1. The summed E-state index contributed by atoms with van der Waals surface area (Å²) in [6.07, 6.45) is 2.65. The molecule has 1 rings (SSSR count). The van der Waals surface area contributed by atoms with E-state index in [1.54, 1.807) is 6.92 Å². The maximum atomic E-state index is 11.6. The first kappa shape index (κ1) is 26.8. The number of carbonyl (C=O) groups is 2. The number of rotatable bonds is 10. The molecule has 0 saturated carbocycles. The van der Waals surface area contributed by atoms with Gasteiger partial charge in [-0.05, 0) is 51.5 Å². The minimum Gasteiger partial charge on any atom is -0.449 e. The van der Waals surface area contributed by atoms with Gasteiger partial charge in [-0.25, -0.2) is 4.79 Å². The SMILES string of the molecule is CC/C(C)=N\OC(=O)CNCOC(=O)C(C)(C)CC.CCC(C)c1ccccc1. The highest BCUT2D eigenvalue weighted by atomic mass is 16.7. The molecule has 6 heteroatoms. The van der Waals surface area contributed by atoms with Gasteiger partial charge in [0.05, 0.1) is 17.7 Å². The Morgan fingerprint density at radius 3 is 2.28 bits per heavy atom. The van der Waals surface area contributed by atoms with Gasteiger partial charge in [-0.2, -0.15) is 0 Å². The molecule has 1 aromatic carbocycles. The van der Waals surface area contributed by atoms with Crippen molar-refractivity contribution in [2.45, 2.75) is 73.6 Å². The summed E-state index contributed by atoms with van der Waals surface area (Å²) in [6, 6.07) is 10.6.